The minimum atomic E-state index is -3.35. The Morgan fingerprint density at radius 3 is 2.44 bits per heavy atom. The monoisotopic (exact) mass is 393 g/mol. The topological polar surface area (TPSA) is 79.8 Å². The molecule has 0 amide bonds. The molecular weight excluding hydrogens is 369 g/mol. The summed E-state index contributed by atoms with van der Waals surface area (Å²) < 4.78 is 43.6. The van der Waals surface area contributed by atoms with Gasteiger partial charge in [-0.2, -0.15) is 0 Å². The highest BCUT2D eigenvalue weighted by molar-refractivity contribution is 7.91. The van der Waals surface area contributed by atoms with Gasteiger partial charge in [-0.05, 0) is 31.2 Å². The maximum Gasteiger partial charge on any atom is 0.191 e. The van der Waals surface area contributed by atoms with E-state index in [1.54, 1.807) is 62.5 Å². The summed E-state index contributed by atoms with van der Waals surface area (Å²) in [5.74, 6) is 0.155. The van der Waals surface area contributed by atoms with Crippen molar-refractivity contribution in [1.29, 1.82) is 0 Å². The maximum atomic E-state index is 13.6. The molecule has 0 heterocycles. The molecule has 6 nitrogen and oxygen atoms in total. The number of ether oxygens (including phenoxy) is 1. The number of para-hydroxylation sites is 1. The van der Waals surface area contributed by atoms with Crippen LogP contribution in [0.5, 0.6) is 5.75 Å². The minimum absolute atomic E-state index is 0.0566. The van der Waals surface area contributed by atoms with Gasteiger partial charge in [-0.3, -0.25) is 4.99 Å². The van der Waals surface area contributed by atoms with Gasteiger partial charge >= 0.3 is 0 Å². The maximum absolute atomic E-state index is 13.6. The summed E-state index contributed by atoms with van der Waals surface area (Å²) in [5.41, 5.74) is 0. The molecule has 0 aromatic heterocycles. The summed E-state index contributed by atoms with van der Waals surface area (Å²) in [6.07, 6.45) is -0.312. The molecular formula is C19H24FN3O3S. The second-order valence-corrected chi connectivity index (χ2v) is 7.98. The molecule has 1 unspecified atom stereocenters. The molecule has 0 saturated heterocycles. The van der Waals surface area contributed by atoms with E-state index in [4.69, 9.17) is 4.74 Å². The Balaban J connectivity index is 1.78. The zero-order valence-corrected chi connectivity index (χ0v) is 16.2. The van der Waals surface area contributed by atoms with Gasteiger partial charge in [0.05, 0.1) is 17.2 Å². The van der Waals surface area contributed by atoms with Crippen molar-refractivity contribution in [2.75, 3.05) is 25.9 Å². The van der Waals surface area contributed by atoms with E-state index >= 15 is 0 Å². The van der Waals surface area contributed by atoms with Crippen LogP contribution in [-0.2, 0) is 9.84 Å². The van der Waals surface area contributed by atoms with Gasteiger partial charge in [-0.25, -0.2) is 12.8 Å². The van der Waals surface area contributed by atoms with Crippen molar-refractivity contribution in [1.82, 2.24) is 10.6 Å². The molecule has 27 heavy (non-hydrogen) atoms. The normalized spacial score (nSPS) is 13.1. The predicted octanol–water partition coefficient (Wildman–Crippen LogP) is 2.23. The van der Waals surface area contributed by atoms with E-state index in [0.29, 0.717) is 17.4 Å². The van der Waals surface area contributed by atoms with Crippen LogP contribution >= 0.6 is 0 Å². The molecule has 0 aliphatic rings. The van der Waals surface area contributed by atoms with E-state index in [2.05, 4.69) is 15.6 Å². The number of aliphatic imine (C=N–C) groups is 1. The fraction of sp³-hybridized carbons (Fsp3) is 0.316. The van der Waals surface area contributed by atoms with E-state index in [9.17, 15) is 12.8 Å². The first kappa shape index (κ1) is 20.7. The van der Waals surface area contributed by atoms with Crippen LogP contribution in [0.4, 0.5) is 4.39 Å². The molecule has 2 rings (SSSR count). The van der Waals surface area contributed by atoms with Crippen LogP contribution in [0.15, 0.2) is 64.5 Å². The molecule has 0 spiro atoms. The molecule has 8 heteroatoms. The lowest BCUT2D eigenvalue weighted by Crippen LogP contribution is -2.43. The van der Waals surface area contributed by atoms with Crippen molar-refractivity contribution in [3.05, 3.63) is 60.4 Å². The summed E-state index contributed by atoms with van der Waals surface area (Å²) in [5, 5.41) is 5.99. The van der Waals surface area contributed by atoms with Crippen LogP contribution in [0.3, 0.4) is 0 Å². The minimum Gasteiger partial charge on any atom is -0.486 e. The second kappa shape index (κ2) is 9.91. The summed E-state index contributed by atoms with van der Waals surface area (Å²) >= 11 is 0. The van der Waals surface area contributed by atoms with Gasteiger partial charge in [0, 0.05) is 13.6 Å². The quantitative estimate of drug-likeness (QED) is 0.531. The highest BCUT2D eigenvalue weighted by Crippen LogP contribution is 2.16. The van der Waals surface area contributed by atoms with Crippen LogP contribution in [0.1, 0.15) is 6.92 Å². The fourth-order valence-electron chi connectivity index (χ4n) is 2.31. The van der Waals surface area contributed by atoms with Crippen molar-refractivity contribution >= 4 is 15.8 Å². The van der Waals surface area contributed by atoms with Gasteiger partial charge in [0.1, 0.15) is 6.10 Å². The van der Waals surface area contributed by atoms with E-state index in [1.807, 2.05) is 0 Å². The highest BCUT2D eigenvalue weighted by atomic mass is 32.2. The lowest BCUT2D eigenvalue weighted by Gasteiger charge is -2.18. The average Bonchev–Trinajstić information content (AvgIpc) is 2.67. The molecule has 0 fully saturated rings. The van der Waals surface area contributed by atoms with Gasteiger partial charge in [-0.15, -0.1) is 0 Å². The molecule has 2 N–H and O–H groups in total. The van der Waals surface area contributed by atoms with Crippen LogP contribution in [0, 0.1) is 5.82 Å². The van der Waals surface area contributed by atoms with Crippen molar-refractivity contribution in [3.8, 4) is 5.75 Å². The average molecular weight is 393 g/mol. The fourth-order valence-corrected chi connectivity index (χ4v) is 3.49. The number of nitrogens with one attached hydrogen (secondary N) is 2. The number of hydrogen-bond donors (Lipinski definition) is 2. The second-order valence-electron chi connectivity index (χ2n) is 5.87. The molecule has 2 aromatic carbocycles. The number of nitrogens with zero attached hydrogens (tertiary/aromatic N) is 1. The number of rotatable bonds is 8. The van der Waals surface area contributed by atoms with E-state index < -0.39 is 15.7 Å². The van der Waals surface area contributed by atoms with E-state index in [0.717, 1.165) is 0 Å². The Hall–Kier alpha value is -2.61. The Morgan fingerprint density at radius 2 is 1.78 bits per heavy atom. The van der Waals surface area contributed by atoms with Crippen molar-refractivity contribution in [2.24, 2.45) is 4.99 Å². The van der Waals surface area contributed by atoms with Gasteiger partial charge in [-0.1, -0.05) is 30.3 Å². The SMILES string of the molecule is CN=C(NCCS(=O)(=O)c1ccccc1)NCC(C)Oc1ccccc1F. The summed E-state index contributed by atoms with van der Waals surface area (Å²) in [4.78, 5) is 4.34. The van der Waals surface area contributed by atoms with E-state index in [1.165, 1.54) is 6.07 Å². The summed E-state index contributed by atoms with van der Waals surface area (Å²) in [6.45, 7) is 2.38. The summed E-state index contributed by atoms with van der Waals surface area (Å²) in [7, 11) is -1.77. The molecule has 146 valence electrons. The Kier molecular flexibility index (Phi) is 7.60. The third-order valence-corrected chi connectivity index (χ3v) is 5.44. The van der Waals surface area contributed by atoms with Crippen molar-refractivity contribution in [2.45, 2.75) is 17.9 Å². The molecule has 0 aliphatic carbocycles. The lowest BCUT2D eigenvalue weighted by molar-refractivity contribution is 0.214. The van der Waals surface area contributed by atoms with Crippen LogP contribution in [0.25, 0.3) is 0 Å². The predicted molar refractivity (Wildman–Crippen MR) is 104 cm³/mol. The largest absolute Gasteiger partial charge is 0.486 e. The van der Waals surface area contributed by atoms with Crippen molar-refractivity contribution < 1.29 is 17.5 Å². The Bertz CT molecular complexity index is 858. The molecule has 1 atom stereocenters. The Morgan fingerprint density at radius 1 is 1.11 bits per heavy atom. The van der Waals surface area contributed by atoms with Crippen LogP contribution in [0.2, 0.25) is 0 Å². The molecule has 0 radical (unpaired) electrons. The van der Waals surface area contributed by atoms with Gasteiger partial charge < -0.3 is 15.4 Å². The van der Waals surface area contributed by atoms with Crippen LogP contribution < -0.4 is 15.4 Å². The first-order valence-corrected chi connectivity index (χ1v) is 10.2. The number of halogens is 1. The summed E-state index contributed by atoms with van der Waals surface area (Å²) in [6, 6.07) is 14.5. The standard InChI is InChI=1S/C19H24FN3O3S/c1-15(26-18-11-7-6-10-17(18)20)14-23-19(21-2)22-12-13-27(24,25)16-8-4-3-5-9-16/h3-11,15H,12-14H2,1-2H3,(H2,21,22,23). The molecule has 0 aliphatic heterocycles. The number of benzene rings is 2. The first-order valence-electron chi connectivity index (χ1n) is 8.56. The highest BCUT2D eigenvalue weighted by Gasteiger charge is 2.14. The molecule has 2 aromatic rings. The first-order chi connectivity index (χ1) is 12.9. The number of hydrogen-bond acceptors (Lipinski definition) is 4. The van der Waals surface area contributed by atoms with Gasteiger partial charge in [0.2, 0.25) is 0 Å². The lowest BCUT2D eigenvalue weighted by atomic mass is 10.3. The zero-order valence-electron chi connectivity index (χ0n) is 15.4. The smallest absolute Gasteiger partial charge is 0.191 e. The van der Waals surface area contributed by atoms with E-state index in [-0.39, 0.29) is 24.2 Å². The van der Waals surface area contributed by atoms with Crippen LogP contribution in [-0.4, -0.2) is 46.4 Å². The van der Waals surface area contributed by atoms with Crippen molar-refractivity contribution in [3.63, 3.8) is 0 Å². The third kappa shape index (κ3) is 6.56. The molecule has 0 bridgehead atoms. The Labute approximate surface area is 159 Å². The zero-order chi connectivity index (χ0) is 19.7. The number of sulfone groups is 1. The molecule has 0 saturated carbocycles. The number of guanidine groups is 1. The van der Waals surface area contributed by atoms with Gasteiger partial charge in [0.25, 0.3) is 0 Å². The third-order valence-electron chi connectivity index (χ3n) is 3.71. The van der Waals surface area contributed by atoms with Gasteiger partial charge in [0.15, 0.2) is 27.4 Å².